The third-order valence-corrected chi connectivity index (χ3v) is 3.05. The molecular formula is C11H24N2O. The van der Waals surface area contributed by atoms with Gasteiger partial charge in [0.1, 0.15) is 0 Å². The molecule has 1 saturated heterocycles. The Hall–Kier alpha value is -0.120. The van der Waals surface area contributed by atoms with Gasteiger partial charge in [0, 0.05) is 25.7 Å². The number of hydrogen-bond acceptors (Lipinski definition) is 3. The first-order valence-corrected chi connectivity index (χ1v) is 5.74. The Morgan fingerprint density at radius 2 is 2.36 bits per heavy atom. The van der Waals surface area contributed by atoms with Gasteiger partial charge in [-0.25, -0.2) is 0 Å². The van der Waals surface area contributed by atoms with Crippen molar-refractivity contribution in [3.05, 3.63) is 0 Å². The van der Waals surface area contributed by atoms with Gasteiger partial charge in [-0.3, -0.25) is 4.90 Å². The van der Waals surface area contributed by atoms with Gasteiger partial charge in [-0.05, 0) is 32.9 Å². The maximum absolute atomic E-state index is 5.19. The van der Waals surface area contributed by atoms with Crippen molar-refractivity contribution in [3.63, 3.8) is 0 Å². The zero-order valence-corrected chi connectivity index (χ0v) is 9.75. The molecule has 0 aromatic carbocycles. The summed E-state index contributed by atoms with van der Waals surface area (Å²) in [5.74, 6) is 0. The average Bonchev–Trinajstić information content (AvgIpc) is 2.66. The molecule has 1 unspecified atom stereocenters. The predicted octanol–water partition coefficient (Wildman–Crippen LogP) is 1.10. The predicted molar refractivity (Wildman–Crippen MR) is 59.6 cm³/mol. The first-order chi connectivity index (χ1) is 6.77. The Labute approximate surface area is 87.8 Å². The van der Waals surface area contributed by atoms with Crippen LogP contribution in [-0.4, -0.2) is 50.3 Å². The molecule has 1 heterocycles. The monoisotopic (exact) mass is 200 g/mol. The summed E-state index contributed by atoms with van der Waals surface area (Å²) in [5.41, 5.74) is 0. The van der Waals surface area contributed by atoms with Crippen molar-refractivity contribution in [2.75, 3.05) is 33.4 Å². The molecule has 14 heavy (non-hydrogen) atoms. The first kappa shape index (κ1) is 12.0. The topological polar surface area (TPSA) is 24.5 Å². The highest BCUT2D eigenvalue weighted by molar-refractivity contribution is 4.79. The number of ether oxygens (including phenoxy) is 1. The molecule has 0 radical (unpaired) electrons. The maximum Gasteiger partial charge on any atom is 0.0615 e. The number of rotatable bonds is 6. The van der Waals surface area contributed by atoms with Crippen molar-refractivity contribution < 1.29 is 4.74 Å². The highest BCUT2D eigenvalue weighted by Crippen LogP contribution is 2.09. The molecule has 0 amide bonds. The number of nitrogens with zero attached hydrogens (tertiary/aromatic N) is 1. The van der Waals surface area contributed by atoms with Crippen LogP contribution in [0, 0.1) is 0 Å². The van der Waals surface area contributed by atoms with Crippen molar-refractivity contribution in [2.24, 2.45) is 0 Å². The van der Waals surface area contributed by atoms with E-state index in [4.69, 9.17) is 4.74 Å². The lowest BCUT2D eigenvalue weighted by atomic mass is 10.2. The lowest BCUT2D eigenvalue weighted by Gasteiger charge is -2.29. The zero-order valence-electron chi connectivity index (χ0n) is 9.75. The van der Waals surface area contributed by atoms with E-state index in [0.717, 1.165) is 13.2 Å². The molecule has 0 spiro atoms. The second kappa shape index (κ2) is 6.38. The van der Waals surface area contributed by atoms with Crippen LogP contribution in [0.1, 0.15) is 26.7 Å². The number of methoxy groups -OCH3 is 1. The molecule has 3 heteroatoms. The fourth-order valence-corrected chi connectivity index (χ4v) is 2.16. The van der Waals surface area contributed by atoms with Crippen LogP contribution in [0.15, 0.2) is 0 Å². The van der Waals surface area contributed by atoms with E-state index >= 15 is 0 Å². The van der Waals surface area contributed by atoms with Crippen LogP contribution < -0.4 is 5.32 Å². The van der Waals surface area contributed by atoms with E-state index in [9.17, 15) is 0 Å². The molecule has 1 fully saturated rings. The molecule has 1 rings (SSSR count). The summed E-state index contributed by atoms with van der Waals surface area (Å²) >= 11 is 0. The molecule has 0 saturated carbocycles. The van der Waals surface area contributed by atoms with Gasteiger partial charge in [0.2, 0.25) is 0 Å². The van der Waals surface area contributed by atoms with Gasteiger partial charge in [-0.15, -0.1) is 0 Å². The molecule has 1 aliphatic rings. The SMILES string of the molecule is CCN(C[C@H]1CCCN1)C(C)COC. The standard InChI is InChI=1S/C11H24N2O/c1-4-13(10(2)9-14-3)8-11-6-5-7-12-11/h10-12H,4-9H2,1-3H3/t10?,11-/m1/s1. The van der Waals surface area contributed by atoms with Gasteiger partial charge in [0.15, 0.2) is 0 Å². The third kappa shape index (κ3) is 3.56. The lowest BCUT2D eigenvalue weighted by Crippen LogP contribution is -2.43. The van der Waals surface area contributed by atoms with Crippen LogP contribution >= 0.6 is 0 Å². The number of hydrogen-bond donors (Lipinski definition) is 1. The van der Waals surface area contributed by atoms with Crippen LogP contribution in [-0.2, 0) is 4.74 Å². The van der Waals surface area contributed by atoms with Gasteiger partial charge in [-0.2, -0.15) is 0 Å². The van der Waals surface area contributed by atoms with Gasteiger partial charge >= 0.3 is 0 Å². The van der Waals surface area contributed by atoms with Gasteiger partial charge < -0.3 is 10.1 Å². The van der Waals surface area contributed by atoms with Gasteiger partial charge in [0.05, 0.1) is 6.61 Å². The highest BCUT2D eigenvalue weighted by Gasteiger charge is 2.19. The Kier molecular flexibility index (Phi) is 5.45. The fraction of sp³-hybridized carbons (Fsp3) is 1.00. The Balaban J connectivity index is 2.29. The first-order valence-electron chi connectivity index (χ1n) is 5.74. The van der Waals surface area contributed by atoms with Crippen LogP contribution in [0.25, 0.3) is 0 Å². The minimum Gasteiger partial charge on any atom is -0.383 e. The Bertz CT molecular complexity index is 146. The van der Waals surface area contributed by atoms with Crippen LogP contribution in [0.4, 0.5) is 0 Å². The highest BCUT2D eigenvalue weighted by atomic mass is 16.5. The second-order valence-electron chi connectivity index (χ2n) is 4.19. The van der Waals surface area contributed by atoms with Crippen LogP contribution in [0.3, 0.4) is 0 Å². The summed E-state index contributed by atoms with van der Waals surface area (Å²) < 4.78 is 5.19. The van der Waals surface area contributed by atoms with Crippen molar-refractivity contribution in [1.29, 1.82) is 0 Å². The van der Waals surface area contributed by atoms with E-state index < -0.39 is 0 Å². The Morgan fingerprint density at radius 3 is 2.86 bits per heavy atom. The van der Waals surface area contributed by atoms with Crippen molar-refractivity contribution in [3.8, 4) is 0 Å². The molecule has 1 N–H and O–H groups in total. The number of nitrogens with one attached hydrogen (secondary N) is 1. The van der Waals surface area contributed by atoms with Crippen LogP contribution in [0.2, 0.25) is 0 Å². The fourth-order valence-electron chi connectivity index (χ4n) is 2.16. The number of likely N-dealkylation sites (N-methyl/N-ethyl adjacent to an activating group) is 1. The maximum atomic E-state index is 5.19. The largest absolute Gasteiger partial charge is 0.383 e. The molecule has 0 aromatic rings. The minimum absolute atomic E-state index is 0.535. The third-order valence-electron chi connectivity index (χ3n) is 3.05. The second-order valence-corrected chi connectivity index (χ2v) is 4.19. The molecule has 2 atom stereocenters. The zero-order chi connectivity index (χ0) is 10.4. The summed E-state index contributed by atoms with van der Waals surface area (Å²) in [4.78, 5) is 2.49. The molecule has 84 valence electrons. The van der Waals surface area contributed by atoms with E-state index in [1.807, 2.05) is 0 Å². The van der Waals surface area contributed by atoms with E-state index in [2.05, 4.69) is 24.1 Å². The molecule has 3 nitrogen and oxygen atoms in total. The van der Waals surface area contributed by atoms with Crippen molar-refractivity contribution >= 4 is 0 Å². The smallest absolute Gasteiger partial charge is 0.0615 e. The summed E-state index contributed by atoms with van der Waals surface area (Å²) in [6.07, 6.45) is 2.66. The average molecular weight is 200 g/mol. The minimum atomic E-state index is 0.535. The molecular weight excluding hydrogens is 176 g/mol. The van der Waals surface area contributed by atoms with E-state index in [0.29, 0.717) is 12.1 Å². The van der Waals surface area contributed by atoms with E-state index in [1.165, 1.54) is 25.9 Å². The molecule has 1 aliphatic heterocycles. The Morgan fingerprint density at radius 1 is 1.57 bits per heavy atom. The summed E-state index contributed by atoms with van der Waals surface area (Å²) in [7, 11) is 1.78. The molecule has 0 bridgehead atoms. The quantitative estimate of drug-likeness (QED) is 0.695. The summed E-state index contributed by atoms with van der Waals surface area (Å²) in [6.45, 7) is 8.77. The van der Waals surface area contributed by atoms with Crippen LogP contribution in [0.5, 0.6) is 0 Å². The molecule has 0 aliphatic carbocycles. The molecule has 0 aromatic heterocycles. The van der Waals surface area contributed by atoms with Gasteiger partial charge in [-0.1, -0.05) is 6.92 Å². The van der Waals surface area contributed by atoms with Gasteiger partial charge in [0.25, 0.3) is 0 Å². The van der Waals surface area contributed by atoms with Crippen molar-refractivity contribution in [1.82, 2.24) is 10.2 Å². The normalized spacial score (nSPS) is 24.4. The van der Waals surface area contributed by atoms with E-state index in [1.54, 1.807) is 7.11 Å². The van der Waals surface area contributed by atoms with Crippen molar-refractivity contribution in [2.45, 2.75) is 38.8 Å². The van der Waals surface area contributed by atoms with E-state index in [-0.39, 0.29) is 0 Å². The lowest BCUT2D eigenvalue weighted by molar-refractivity contribution is 0.0972. The summed E-state index contributed by atoms with van der Waals surface area (Å²) in [6, 6.07) is 1.24. The summed E-state index contributed by atoms with van der Waals surface area (Å²) in [5, 5.41) is 3.54.